The van der Waals surface area contributed by atoms with Crippen molar-refractivity contribution in [3.63, 3.8) is 0 Å². The summed E-state index contributed by atoms with van der Waals surface area (Å²) in [5.41, 5.74) is 1.55. The molecule has 1 heterocycles. The summed E-state index contributed by atoms with van der Waals surface area (Å²) in [4.78, 5) is 0.975. The zero-order valence-corrected chi connectivity index (χ0v) is 14.0. The number of hydrogen-bond acceptors (Lipinski definition) is 4. The highest BCUT2D eigenvalue weighted by atomic mass is 32.2. The molecule has 0 aliphatic heterocycles. The van der Waals surface area contributed by atoms with Gasteiger partial charge in [0, 0.05) is 22.3 Å². The van der Waals surface area contributed by atoms with E-state index in [1.165, 1.54) is 11.3 Å². The van der Waals surface area contributed by atoms with E-state index in [-0.39, 0.29) is 0 Å². The average molecular weight is 324 g/mol. The van der Waals surface area contributed by atoms with Crippen molar-refractivity contribution in [3.05, 3.63) is 41.3 Å². The first-order valence-corrected chi connectivity index (χ1v) is 9.16. The molecule has 0 spiro atoms. The second kappa shape index (κ2) is 6.49. The summed E-state index contributed by atoms with van der Waals surface area (Å²) in [6.07, 6.45) is 1.03. The minimum Gasteiger partial charge on any atom is -0.383 e. The number of sulfonamides is 1. The molecule has 0 bridgehead atoms. The Hall–Kier alpha value is -1.53. The van der Waals surface area contributed by atoms with Crippen molar-refractivity contribution >= 4 is 32.7 Å². The molecule has 0 amide bonds. The lowest BCUT2D eigenvalue weighted by Gasteiger charge is -2.13. The monoisotopic (exact) mass is 324 g/mol. The molecule has 1 atom stereocenters. The summed E-state index contributed by atoms with van der Waals surface area (Å²) in [5.74, 6) is 0. The van der Waals surface area contributed by atoms with Gasteiger partial charge in [-0.05, 0) is 56.7 Å². The molecule has 0 aliphatic rings. The van der Waals surface area contributed by atoms with E-state index in [2.05, 4.69) is 23.9 Å². The lowest BCUT2D eigenvalue weighted by molar-refractivity contribution is 0.603. The van der Waals surface area contributed by atoms with Crippen molar-refractivity contribution in [2.75, 3.05) is 10.0 Å². The topological polar surface area (TPSA) is 58.2 Å². The molecule has 2 rings (SSSR count). The van der Waals surface area contributed by atoms with Crippen LogP contribution in [0.15, 0.2) is 40.6 Å². The molecule has 1 aromatic heterocycles. The third kappa shape index (κ3) is 4.22. The van der Waals surface area contributed by atoms with Gasteiger partial charge in [0.1, 0.15) is 4.21 Å². The van der Waals surface area contributed by atoms with Gasteiger partial charge in [-0.15, -0.1) is 11.3 Å². The zero-order chi connectivity index (χ0) is 15.5. The van der Waals surface area contributed by atoms with Gasteiger partial charge in [0.25, 0.3) is 10.0 Å². The maximum atomic E-state index is 12.2. The van der Waals surface area contributed by atoms with Gasteiger partial charge in [-0.3, -0.25) is 4.72 Å². The Bertz CT molecular complexity index is 691. The molecule has 1 aromatic carbocycles. The second-order valence-electron chi connectivity index (χ2n) is 5.00. The Kier molecular flexibility index (Phi) is 4.90. The van der Waals surface area contributed by atoms with Gasteiger partial charge >= 0.3 is 0 Å². The molecule has 2 aromatic rings. The molecule has 1 unspecified atom stereocenters. The maximum absolute atomic E-state index is 12.2. The highest BCUT2D eigenvalue weighted by Gasteiger charge is 2.16. The fourth-order valence-corrected chi connectivity index (χ4v) is 4.12. The maximum Gasteiger partial charge on any atom is 0.271 e. The van der Waals surface area contributed by atoms with E-state index in [1.54, 1.807) is 24.3 Å². The molecule has 21 heavy (non-hydrogen) atoms. The molecular weight excluding hydrogens is 304 g/mol. The van der Waals surface area contributed by atoms with Crippen LogP contribution in [0.1, 0.15) is 25.1 Å². The number of benzene rings is 1. The van der Waals surface area contributed by atoms with Crippen molar-refractivity contribution in [1.29, 1.82) is 0 Å². The molecule has 4 nitrogen and oxygen atoms in total. The number of nitrogens with one attached hydrogen (secondary N) is 2. The van der Waals surface area contributed by atoms with Crippen LogP contribution in [0.2, 0.25) is 0 Å². The molecule has 0 saturated heterocycles. The van der Waals surface area contributed by atoms with Gasteiger partial charge in [0.05, 0.1) is 0 Å². The van der Waals surface area contributed by atoms with Crippen LogP contribution in [0.25, 0.3) is 0 Å². The van der Waals surface area contributed by atoms with Gasteiger partial charge in [0.15, 0.2) is 0 Å². The fourth-order valence-electron chi connectivity index (χ4n) is 1.78. The Labute approximate surface area is 130 Å². The Balaban J connectivity index is 2.09. The summed E-state index contributed by atoms with van der Waals surface area (Å²) in [6.45, 7) is 6.11. The molecule has 0 saturated carbocycles. The summed E-state index contributed by atoms with van der Waals surface area (Å²) < 4.78 is 27.3. The summed E-state index contributed by atoms with van der Waals surface area (Å²) >= 11 is 1.27. The van der Waals surface area contributed by atoms with E-state index < -0.39 is 10.0 Å². The fraction of sp³-hybridized carbons (Fsp3) is 0.333. The summed E-state index contributed by atoms with van der Waals surface area (Å²) in [5, 5.41) is 3.34. The van der Waals surface area contributed by atoms with Crippen LogP contribution < -0.4 is 10.0 Å². The average Bonchev–Trinajstić information content (AvgIpc) is 2.88. The van der Waals surface area contributed by atoms with E-state index in [0.717, 1.165) is 17.0 Å². The third-order valence-corrected chi connectivity index (χ3v) is 6.02. The highest BCUT2D eigenvalue weighted by molar-refractivity contribution is 7.94. The minimum atomic E-state index is -3.48. The van der Waals surface area contributed by atoms with Crippen LogP contribution in [0.4, 0.5) is 11.4 Å². The van der Waals surface area contributed by atoms with Crippen molar-refractivity contribution in [2.24, 2.45) is 0 Å². The van der Waals surface area contributed by atoms with Crippen molar-refractivity contribution < 1.29 is 8.42 Å². The van der Waals surface area contributed by atoms with Crippen LogP contribution in [0.5, 0.6) is 0 Å². The molecule has 0 radical (unpaired) electrons. The van der Waals surface area contributed by atoms with Gasteiger partial charge in [-0.2, -0.15) is 0 Å². The van der Waals surface area contributed by atoms with E-state index >= 15 is 0 Å². The van der Waals surface area contributed by atoms with E-state index in [1.807, 2.05) is 19.1 Å². The van der Waals surface area contributed by atoms with Crippen LogP contribution in [-0.2, 0) is 10.0 Å². The highest BCUT2D eigenvalue weighted by Crippen LogP contribution is 2.24. The predicted molar refractivity (Wildman–Crippen MR) is 89.7 cm³/mol. The van der Waals surface area contributed by atoms with E-state index in [0.29, 0.717) is 15.9 Å². The first-order chi connectivity index (χ1) is 9.90. The van der Waals surface area contributed by atoms with E-state index in [4.69, 9.17) is 0 Å². The molecule has 0 aliphatic carbocycles. The van der Waals surface area contributed by atoms with Gasteiger partial charge in [-0.25, -0.2) is 8.42 Å². The van der Waals surface area contributed by atoms with Gasteiger partial charge in [-0.1, -0.05) is 6.92 Å². The Morgan fingerprint density at radius 2 is 1.71 bits per heavy atom. The van der Waals surface area contributed by atoms with Crippen molar-refractivity contribution in [1.82, 2.24) is 0 Å². The summed E-state index contributed by atoms with van der Waals surface area (Å²) in [7, 11) is -3.48. The van der Waals surface area contributed by atoms with Crippen LogP contribution in [-0.4, -0.2) is 14.5 Å². The predicted octanol–water partition coefficient (Wildman–Crippen LogP) is 4.07. The van der Waals surface area contributed by atoms with Crippen LogP contribution >= 0.6 is 11.3 Å². The summed E-state index contributed by atoms with van der Waals surface area (Å²) in [6, 6.07) is 11.1. The normalized spacial score (nSPS) is 12.9. The molecular formula is C15H20N2O2S2. The van der Waals surface area contributed by atoms with Gasteiger partial charge in [0.2, 0.25) is 0 Å². The number of thiophene rings is 1. The Morgan fingerprint density at radius 1 is 1.10 bits per heavy atom. The third-order valence-electron chi connectivity index (χ3n) is 3.14. The number of aryl methyl sites for hydroxylation is 1. The largest absolute Gasteiger partial charge is 0.383 e. The lowest BCUT2D eigenvalue weighted by Crippen LogP contribution is -2.14. The number of rotatable bonds is 6. The molecule has 0 fully saturated rings. The molecule has 6 heteroatoms. The van der Waals surface area contributed by atoms with Crippen molar-refractivity contribution in [2.45, 2.75) is 37.4 Å². The smallest absolute Gasteiger partial charge is 0.271 e. The zero-order valence-electron chi connectivity index (χ0n) is 12.4. The van der Waals surface area contributed by atoms with Crippen LogP contribution in [0, 0.1) is 6.92 Å². The quantitative estimate of drug-likeness (QED) is 0.842. The molecule has 114 valence electrons. The first kappa shape index (κ1) is 15.9. The van der Waals surface area contributed by atoms with Crippen molar-refractivity contribution in [3.8, 4) is 0 Å². The van der Waals surface area contributed by atoms with Gasteiger partial charge < -0.3 is 5.32 Å². The second-order valence-corrected chi connectivity index (χ2v) is 8.20. The van der Waals surface area contributed by atoms with Crippen LogP contribution in [0.3, 0.4) is 0 Å². The Morgan fingerprint density at radius 3 is 2.24 bits per heavy atom. The number of hydrogen-bond donors (Lipinski definition) is 2. The first-order valence-electron chi connectivity index (χ1n) is 6.86. The number of anilines is 2. The standard InChI is InChI=1S/C15H20N2O2S2/c1-4-11(2)16-13-6-8-14(9-7-13)17-21(18,19)15-10-5-12(3)20-15/h5-11,16-17H,4H2,1-3H3. The lowest BCUT2D eigenvalue weighted by atomic mass is 10.2. The van der Waals surface area contributed by atoms with E-state index in [9.17, 15) is 8.42 Å². The molecule has 2 N–H and O–H groups in total. The minimum absolute atomic E-state index is 0.335. The SMILES string of the molecule is CCC(C)Nc1ccc(NS(=O)(=O)c2ccc(C)s2)cc1.